The van der Waals surface area contributed by atoms with Crippen LogP contribution in [0.1, 0.15) is 85.4 Å². The number of rotatable bonds is 17. The zero-order valence-electron chi connectivity index (χ0n) is 44.4. The average Bonchev–Trinajstić information content (AvgIpc) is 4.07. The topological polar surface area (TPSA) is 218 Å². The maximum atomic E-state index is 14.9. The summed E-state index contributed by atoms with van der Waals surface area (Å²) in [6.07, 6.45) is 10.6. The van der Waals surface area contributed by atoms with Crippen LogP contribution in [0.25, 0.3) is 11.3 Å². The summed E-state index contributed by atoms with van der Waals surface area (Å²) in [6, 6.07) is 10.5. The monoisotopic (exact) mass is 1160 g/mol. The molecule has 0 radical (unpaired) electrons. The van der Waals surface area contributed by atoms with Crippen LogP contribution in [0.4, 0.5) is 0 Å². The Morgan fingerprint density at radius 1 is 0.986 bits per heavy atom. The van der Waals surface area contributed by atoms with Gasteiger partial charge in [0.15, 0.2) is 27.9 Å². The van der Waals surface area contributed by atoms with Gasteiger partial charge in [-0.05, 0) is 130 Å². The molecule has 21 heteroatoms. The first-order chi connectivity index (χ1) is 35.2. The van der Waals surface area contributed by atoms with Crippen molar-refractivity contribution in [3.8, 4) is 11.3 Å². The fourth-order valence-corrected chi connectivity index (χ4v) is 12.1. The molecule has 0 spiro atoms. The molecule has 74 heavy (non-hydrogen) atoms. The lowest BCUT2D eigenvalue weighted by Crippen LogP contribution is -2.66. The Hall–Kier alpha value is -3.75. The van der Waals surface area contributed by atoms with Crippen molar-refractivity contribution in [2.75, 3.05) is 40.3 Å². The van der Waals surface area contributed by atoms with Crippen LogP contribution >= 0.6 is 22.6 Å². The molecule has 3 aromatic heterocycles. The van der Waals surface area contributed by atoms with E-state index in [-0.39, 0.29) is 25.1 Å². The van der Waals surface area contributed by atoms with Crippen LogP contribution in [0, 0.1) is 23.7 Å². The zero-order valence-corrected chi connectivity index (χ0v) is 47.3. The van der Waals surface area contributed by atoms with Gasteiger partial charge in [-0.3, -0.25) is 28.9 Å². The minimum atomic E-state index is -1.30. The van der Waals surface area contributed by atoms with Gasteiger partial charge in [0.05, 0.1) is 41.6 Å². The van der Waals surface area contributed by atoms with E-state index in [0.29, 0.717) is 45.4 Å². The molecule has 6 heterocycles. The van der Waals surface area contributed by atoms with Gasteiger partial charge < -0.3 is 42.8 Å². The highest BCUT2D eigenvalue weighted by Crippen LogP contribution is 2.42. The summed E-state index contributed by atoms with van der Waals surface area (Å²) in [7, 11) is 3.45. The van der Waals surface area contributed by atoms with E-state index in [2.05, 4.69) is 25.2 Å². The smallest absolute Gasteiger partial charge is 0.317 e. The fourth-order valence-electron chi connectivity index (χ4n) is 10.8. The fraction of sp³-hybridized carbons (Fsp3) is 0.642. The van der Waals surface area contributed by atoms with Crippen LogP contribution < -0.4 is 0 Å². The molecule has 0 amide bonds. The number of unbranched alkanes of at least 4 members (excludes halogenated alkanes) is 1. The molecular formula is C53H75IN8O11S. The number of hydrogen-bond donors (Lipinski definition) is 1. The molecule has 0 aliphatic carbocycles. The van der Waals surface area contributed by atoms with Gasteiger partial charge in [0.1, 0.15) is 29.7 Å². The Bertz CT molecular complexity index is 2470. The summed E-state index contributed by atoms with van der Waals surface area (Å²) in [5.41, 5.74) is 1.16. The number of pyridine rings is 1. The number of cyclic esters (lactones) is 1. The number of esters is 1. The van der Waals surface area contributed by atoms with E-state index in [0.717, 1.165) is 40.3 Å². The predicted molar refractivity (Wildman–Crippen MR) is 284 cm³/mol. The molecule has 3 fully saturated rings. The second-order valence-corrected chi connectivity index (χ2v) is 23.3. The SMILES string of the molecule is CO[C@]1(C)C[C@@H](C)C(=O)[C@H](C)[C@H]2N(CCCCn3cnc(-c4cccnc4)c3)OCO[C@]2(C)[C@@H](I)OC(=O)[C@H](C)C(=O)[C@H](C)[C@H]1O[C@@H]1O[C@H](C)C[C@H](N(C)CCc2cn(CCc3ccc([S+](C)[O-])cc3)nn2)[C@H]1O. The number of aliphatic hydroxyl groups excluding tert-OH is 1. The maximum Gasteiger partial charge on any atom is 0.317 e. The van der Waals surface area contributed by atoms with Gasteiger partial charge in [0.2, 0.25) is 0 Å². The summed E-state index contributed by atoms with van der Waals surface area (Å²) in [5, 5.41) is 22.7. The number of aryl methyl sites for hydroxylation is 3. The summed E-state index contributed by atoms with van der Waals surface area (Å²) in [6.45, 7) is 14.7. The van der Waals surface area contributed by atoms with Gasteiger partial charge in [0.25, 0.3) is 0 Å². The van der Waals surface area contributed by atoms with E-state index in [1.165, 1.54) is 14.0 Å². The lowest BCUT2D eigenvalue weighted by Gasteiger charge is -2.51. The first-order valence-corrected chi connectivity index (χ1v) is 28.5. The highest BCUT2D eigenvalue weighted by molar-refractivity contribution is 14.1. The number of imidazole rings is 1. The Labute approximate surface area is 452 Å². The number of halogens is 1. The second-order valence-electron chi connectivity index (χ2n) is 20.8. The molecule has 19 nitrogen and oxygen atoms in total. The van der Waals surface area contributed by atoms with E-state index in [1.54, 1.807) is 43.9 Å². The third kappa shape index (κ3) is 13.7. The van der Waals surface area contributed by atoms with Crippen molar-refractivity contribution in [3.05, 3.63) is 78.8 Å². The number of ketones is 2. The summed E-state index contributed by atoms with van der Waals surface area (Å²) < 4.78 is 46.7. The standard InChI is InChI=1S/C53H75IN8O11S/c1-33-27-52(6,68-9)48(72-50-46(65)43(26-34(2)71-50)59(8)24-20-40-29-61(58-57-40)25-19-38-15-17-41(18-16-38)74(10)67)36(4)45(64)37(5)49(66)73-51(54)53(7)47(35(3)44(33)63)62(70-32-69-53)23-12-11-22-60-30-42(56-31-60)39-14-13-21-55-28-39/h13-18,21,28-31,33-37,43,46-48,50-51,65H,11-12,19-20,22-27,32H2,1-10H3/t33-,34-,35+,36+,37-,43+,46-,47-,48-,50+,51+,52-,53+,74?/m1/s1. The van der Waals surface area contributed by atoms with Gasteiger partial charge in [-0.25, -0.2) is 4.98 Å². The maximum absolute atomic E-state index is 14.9. The third-order valence-electron chi connectivity index (χ3n) is 15.3. The van der Waals surface area contributed by atoms with Crippen molar-refractivity contribution in [2.24, 2.45) is 23.7 Å². The number of nitrogens with zero attached hydrogens (tertiary/aromatic N) is 8. The third-order valence-corrected chi connectivity index (χ3v) is 17.7. The number of carbonyl (C=O) groups excluding carboxylic acids is 3. The van der Waals surface area contributed by atoms with Gasteiger partial charge in [-0.1, -0.05) is 38.1 Å². The van der Waals surface area contributed by atoms with E-state index >= 15 is 0 Å². The number of carbonyl (C=O) groups is 3. The molecule has 0 saturated carbocycles. The van der Waals surface area contributed by atoms with Crippen LogP contribution in [-0.4, -0.2) is 159 Å². The highest BCUT2D eigenvalue weighted by atomic mass is 127. The lowest BCUT2D eigenvalue weighted by molar-refractivity contribution is -0.356. The molecular weight excluding hydrogens is 1080 g/mol. The molecule has 406 valence electrons. The molecule has 1 unspecified atom stereocenters. The van der Waals surface area contributed by atoms with Gasteiger partial charge in [0, 0.05) is 93.9 Å². The van der Waals surface area contributed by atoms with Gasteiger partial charge >= 0.3 is 5.97 Å². The molecule has 0 bridgehead atoms. The van der Waals surface area contributed by atoms with Crippen molar-refractivity contribution in [1.29, 1.82) is 0 Å². The molecule has 14 atom stereocenters. The van der Waals surface area contributed by atoms with Crippen LogP contribution in [0.2, 0.25) is 0 Å². The lowest BCUT2D eigenvalue weighted by atomic mass is 9.74. The van der Waals surface area contributed by atoms with Crippen LogP contribution in [0.5, 0.6) is 0 Å². The Balaban J connectivity index is 1.04. The first kappa shape index (κ1) is 57.9. The molecule has 3 aliphatic rings. The summed E-state index contributed by atoms with van der Waals surface area (Å²) >= 11 is 1.00. The number of hydrogen-bond acceptors (Lipinski definition) is 17. The van der Waals surface area contributed by atoms with Gasteiger partial charge in [-0.2, -0.15) is 5.06 Å². The van der Waals surface area contributed by atoms with Crippen molar-refractivity contribution < 1.29 is 52.6 Å². The van der Waals surface area contributed by atoms with Crippen molar-refractivity contribution >= 4 is 51.3 Å². The zero-order chi connectivity index (χ0) is 53.5. The number of hydroxylamine groups is 2. The highest BCUT2D eigenvalue weighted by Gasteiger charge is 2.56. The molecule has 7 rings (SSSR count). The number of benzene rings is 1. The minimum absolute atomic E-state index is 0.103. The molecule has 1 aromatic carbocycles. The van der Waals surface area contributed by atoms with Gasteiger partial charge in [-0.15, -0.1) is 5.10 Å². The minimum Gasteiger partial charge on any atom is -0.612 e. The normalized spacial score (nSPS) is 32.2. The second kappa shape index (κ2) is 25.6. The number of ether oxygens (including phenoxy) is 5. The van der Waals surface area contributed by atoms with E-state index in [1.807, 2.05) is 115 Å². The molecule has 1 N–H and O–H groups in total. The largest absolute Gasteiger partial charge is 0.612 e. The first-order valence-electron chi connectivity index (χ1n) is 25.7. The van der Waals surface area contributed by atoms with Crippen LogP contribution in [-0.2, 0) is 80.0 Å². The van der Waals surface area contributed by atoms with E-state index < -0.39 is 92.5 Å². The van der Waals surface area contributed by atoms with Crippen molar-refractivity contribution in [2.45, 2.75) is 157 Å². The predicted octanol–water partition coefficient (Wildman–Crippen LogP) is 5.87. The van der Waals surface area contributed by atoms with Crippen LogP contribution in [0.15, 0.2) is 72.4 Å². The van der Waals surface area contributed by atoms with E-state index in [4.69, 9.17) is 28.5 Å². The molecule has 3 aliphatic heterocycles. The number of Topliss-reactive ketones (excluding diaryl/α,β-unsaturated/α-hetero) is 2. The molecule has 4 aromatic rings. The Morgan fingerprint density at radius 3 is 2.43 bits per heavy atom. The number of fused-ring (bicyclic) bond motifs is 1. The summed E-state index contributed by atoms with van der Waals surface area (Å²) in [4.78, 5) is 61.5. The van der Waals surface area contributed by atoms with E-state index in [9.17, 15) is 24.0 Å². The number of aromatic nitrogens is 6. The summed E-state index contributed by atoms with van der Waals surface area (Å²) in [5.74, 6) is -4.82. The number of alkyl halides is 1. The Morgan fingerprint density at radius 2 is 1.73 bits per heavy atom. The Kier molecular flexibility index (Phi) is 20.0. The van der Waals surface area contributed by atoms with Crippen molar-refractivity contribution in [3.63, 3.8) is 0 Å². The quantitative estimate of drug-likeness (QED) is 0.0327. The molecule has 3 saturated heterocycles. The van der Waals surface area contributed by atoms with Crippen molar-refractivity contribution in [1.82, 2.24) is 39.5 Å². The average molecular weight is 1160 g/mol. The number of likely N-dealkylation sites (N-methyl/N-ethyl adjacent to an activating group) is 1. The van der Waals surface area contributed by atoms with Crippen LogP contribution in [0.3, 0.4) is 0 Å². The number of methoxy groups -OCH3 is 1. The number of aliphatic hydroxyl groups is 1.